The number of benzene rings is 2. The standard InChI is InChI=1S/C23H24Cl3N3O2.C2HF3O2/c1-13-10-15(8-9-31-13)29-20(30)12-23(2,28-22(29)27)18-5-3-4-17(21(18)26)16-7-6-14(24)11-19(16)25;3-2(4,5)1(6)7/h3-7,11,13,15H,8-10,12H2,1-2H3,(H2,27,28);(H,6,7)/t13-,15-,23-;/m0./s1. The predicted molar refractivity (Wildman–Crippen MR) is 139 cm³/mol. The molecule has 0 unspecified atom stereocenters. The number of aliphatic carboxylic acids is 1. The van der Waals surface area contributed by atoms with Gasteiger partial charge in [0.2, 0.25) is 5.91 Å². The number of carbonyl (C=O) groups excluding carboxylic acids is 1. The minimum Gasteiger partial charge on any atom is -0.475 e. The third-order valence-corrected chi connectivity index (χ3v) is 7.19. The molecule has 0 saturated carbocycles. The van der Waals surface area contributed by atoms with Gasteiger partial charge in [-0.15, -0.1) is 0 Å². The van der Waals surface area contributed by atoms with Gasteiger partial charge in [-0.3, -0.25) is 9.69 Å². The molecule has 0 aromatic heterocycles. The van der Waals surface area contributed by atoms with Gasteiger partial charge < -0.3 is 15.6 Å². The Morgan fingerprint density at radius 1 is 1.21 bits per heavy atom. The third kappa shape index (κ3) is 6.72. The van der Waals surface area contributed by atoms with Gasteiger partial charge in [0.05, 0.1) is 23.1 Å². The Labute approximate surface area is 232 Å². The molecule has 38 heavy (non-hydrogen) atoms. The number of nitrogens with zero attached hydrogens (tertiary/aromatic N) is 2. The second kappa shape index (κ2) is 11.7. The van der Waals surface area contributed by atoms with Crippen LogP contribution in [0.4, 0.5) is 13.2 Å². The van der Waals surface area contributed by atoms with E-state index < -0.39 is 17.7 Å². The lowest BCUT2D eigenvalue weighted by molar-refractivity contribution is -0.192. The molecule has 0 aliphatic carbocycles. The molecule has 13 heteroatoms. The highest BCUT2D eigenvalue weighted by molar-refractivity contribution is 6.38. The van der Waals surface area contributed by atoms with Crippen molar-refractivity contribution in [3.05, 3.63) is 57.0 Å². The molecule has 1 fully saturated rings. The van der Waals surface area contributed by atoms with Crippen LogP contribution in [0.15, 0.2) is 41.4 Å². The Morgan fingerprint density at radius 2 is 1.87 bits per heavy atom. The third-order valence-electron chi connectivity index (χ3n) is 6.24. The van der Waals surface area contributed by atoms with Crippen LogP contribution in [0.1, 0.15) is 38.7 Å². The Hall–Kier alpha value is -2.53. The fraction of sp³-hybridized carbons (Fsp3) is 0.400. The minimum atomic E-state index is -5.08. The van der Waals surface area contributed by atoms with Crippen LogP contribution in [0.3, 0.4) is 0 Å². The molecule has 2 heterocycles. The van der Waals surface area contributed by atoms with Gasteiger partial charge in [-0.05, 0) is 44.4 Å². The lowest BCUT2D eigenvalue weighted by Crippen LogP contribution is -2.56. The van der Waals surface area contributed by atoms with Crippen molar-refractivity contribution in [1.82, 2.24) is 4.90 Å². The molecule has 1 amide bonds. The molecular weight excluding hydrogens is 570 g/mol. The van der Waals surface area contributed by atoms with Crippen molar-refractivity contribution in [2.75, 3.05) is 6.61 Å². The molecule has 206 valence electrons. The van der Waals surface area contributed by atoms with Crippen LogP contribution in [0.25, 0.3) is 11.1 Å². The van der Waals surface area contributed by atoms with Crippen LogP contribution in [-0.4, -0.2) is 52.8 Å². The van der Waals surface area contributed by atoms with Crippen molar-refractivity contribution >= 4 is 52.6 Å². The number of halogens is 6. The first kappa shape index (κ1) is 30.0. The number of guanidine groups is 1. The number of nitrogens with two attached hydrogens (primary N) is 1. The summed E-state index contributed by atoms with van der Waals surface area (Å²) in [6, 6.07) is 10.9. The lowest BCUT2D eigenvalue weighted by atomic mass is 9.85. The summed E-state index contributed by atoms with van der Waals surface area (Å²) in [7, 11) is 0. The highest BCUT2D eigenvalue weighted by Crippen LogP contribution is 2.43. The maximum atomic E-state index is 13.2. The summed E-state index contributed by atoms with van der Waals surface area (Å²) < 4.78 is 37.3. The summed E-state index contributed by atoms with van der Waals surface area (Å²) in [6.45, 7) is 4.50. The molecule has 3 atom stereocenters. The second-order valence-electron chi connectivity index (χ2n) is 9.14. The Balaban J connectivity index is 0.000000505. The van der Waals surface area contributed by atoms with Crippen molar-refractivity contribution in [3.8, 4) is 11.1 Å². The van der Waals surface area contributed by atoms with Crippen molar-refractivity contribution in [3.63, 3.8) is 0 Å². The van der Waals surface area contributed by atoms with Crippen molar-refractivity contribution in [2.24, 2.45) is 10.7 Å². The Bertz CT molecular complexity index is 1260. The SMILES string of the molecule is C[C@H]1C[C@@H](N2C(=O)C[C@@](C)(c3cccc(-c4ccc(Cl)cc4Cl)c3Cl)N=C2N)CCO1.O=C(O)C(F)(F)F. The number of hydrogen-bond donors (Lipinski definition) is 2. The van der Waals surface area contributed by atoms with Crippen LogP contribution < -0.4 is 5.73 Å². The molecule has 1 saturated heterocycles. The fourth-order valence-electron chi connectivity index (χ4n) is 4.47. The Morgan fingerprint density at radius 3 is 2.42 bits per heavy atom. The lowest BCUT2D eigenvalue weighted by Gasteiger charge is -2.41. The maximum Gasteiger partial charge on any atom is 0.490 e. The number of rotatable bonds is 3. The van der Waals surface area contributed by atoms with E-state index >= 15 is 0 Å². The van der Waals surface area contributed by atoms with Crippen LogP contribution in [0.5, 0.6) is 0 Å². The number of hydrogen-bond acceptors (Lipinski definition) is 5. The maximum absolute atomic E-state index is 13.2. The van der Waals surface area contributed by atoms with Crippen LogP contribution >= 0.6 is 34.8 Å². The first-order chi connectivity index (χ1) is 17.6. The zero-order chi connectivity index (χ0) is 28.4. The van der Waals surface area contributed by atoms with Gasteiger partial charge in [-0.2, -0.15) is 13.2 Å². The molecule has 0 radical (unpaired) electrons. The smallest absolute Gasteiger partial charge is 0.475 e. The van der Waals surface area contributed by atoms with E-state index in [-0.39, 0.29) is 30.4 Å². The average Bonchev–Trinajstić information content (AvgIpc) is 2.79. The quantitative estimate of drug-likeness (QED) is 0.435. The van der Waals surface area contributed by atoms with Gasteiger partial charge in [0.1, 0.15) is 0 Å². The normalized spacial score (nSPS) is 23.8. The van der Waals surface area contributed by atoms with E-state index in [4.69, 9.17) is 60.2 Å². The summed E-state index contributed by atoms with van der Waals surface area (Å²) in [5, 5.41) is 8.66. The average molecular weight is 595 g/mol. The second-order valence-corrected chi connectivity index (χ2v) is 10.4. The van der Waals surface area contributed by atoms with Gasteiger partial charge in [0.15, 0.2) is 5.96 Å². The summed E-state index contributed by atoms with van der Waals surface area (Å²) in [4.78, 5) is 28.5. The first-order valence-electron chi connectivity index (χ1n) is 11.5. The molecule has 0 bridgehead atoms. The van der Waals surface area contributed by atoms with Crippen LogP contribution in [0, 0.1) is 0 Å². The number of carboxylic acid groups (broad SMARTS) is 1. The highest BCUT2D eigenvalue weighted by Gasteiger charge is 2.42. The molecule has 7 nitrogen and oxygen atoms in total. The number of carbonyl (C=O) groups is 2. The summed E-state index contributed by atoms with van der Waals surface area (Å²) in [6.07, 6.45) is -3.34. The number of ether oxygens (including phenoxy) is 1. The fourth-order valence-corrected chi connectivity index (χ4v) is 5.41. The van der Waals surface area contributed by atoms with Gasteiger partial charge in [0, 0.05) is 33.8 Å². The van der Waals surface area contributed by atoms with E-state index in [1.807, 2.05) is 38.1 Å². The van der Waals surface area contributed by atoms with Crippen LogP contribution in [-0.2, 0) is 19.9 Å². The number of amides is 1. The summed E-state index contributed by atoms with van der Waals surface area (Å²) >= 11 is 19.3. The molecule has 2 aliphatic heterocycles. The Kier molecular flexibility index (Phi) is 9.24. The molecule has 2 aromatic carbocycles. The zero-order valence-electron chi connectivity index (χ0n) is 20.4. The number of aliphatic imine (C=N–C) groups is 1. The first-order valence-corrected chi connectivity index (χ1v) is 12.6. The van der Waals surface area contributed by atoms with Crippen LogP contribution in [0.2, 0.25) is 15.1 Å². The molecular formula is C25H25Cl3F3N3O4. The molecule has 2 aromatic rings. The summed E-state index contributed by atoms with van der Waals surface area (Å²) in [5.74, 6) is -2.59. The monoisotopic (exact) mass is 593 g/mol. The molecule has 0 spiro atoms. The van der Waals surface area contributed by atoms with Crippen molar-refractivity contribution in [2.45, 2.75) is 57.0 Å². The van der Waals surface area contributed by atoms with E-state index in [1.54, 1.807) is 17.0 Å². The topological polar surface area (TPSA) is 105 Å². The molecule has 2 aliphatic rings. The van der Waals surface area contributed by atoms with Crippen molar-refractivity contribution < 1.29 is 32.6 Å². The van der Waals surface area contributed by atoms with Crippen molar-refractivity contribution in [1.29, 1.82) is 0 Å². The van der Waals surface area contributed by atoms with E-state index in [2.05, 4.69) is 0 Å². The van der Waals surface area contributed by atoms with E-state index in [9.17, 15) is 18.0 Å². The molecule has 4 rings (SSSR count). The summed E-state index contributed by atoms with van der Waals surface area (Å²) in [5.41, 5.74) is 7.71. The number of carboxylic acids is 1. The zero-order valence-corrected chi connectivity index (χ0v) is 22.6. The van der Waals surface area contributed by atoms with Gasteiger partial charge in [-0.1, -0.05) is 59.1 Å². The van der Waals surface area contributed by atoms with Gasteiger partial charge in [0.25, 0.3) is 0 Å². The van der Waals surface area contributed by atoms with E-state index in [0.29, 0.717) is 21.7 Å². The van der Waals surface area contributed by atoms with Gasteiger partial charge in [-0.25, -0.2) is 9.79 Å². The number of alkyl halides is 3. The van der Waals surface area contributed by atoms with E-state index in [0.717, 1.165) is 29.5 Å². The van der Waals surface area contributed by atoms with E-state index in [1.165, 1.54) is 0 Å². The van der Waals surface area contributed by atoms with Gasteiger partial charge >= 0.3 is 12.1 Å². The predicted octanol–water partition coefficient (Wildman–Crippen LogP) is 6.28. The largest absolute Gasteiger partial charge is 0.490 e. The minimum absolute atomic E-state index is 0.000713. The highest BCUT2D eigenvalue weighted by atomic mass is 35.5. The molecule has 3 N–H and O–H groups in total.